The van der Waals surface area contributed by atoms with E-state index < -0.39 is 0 Å². The number of carbonyl (C=O) groups is 2. The van der Waals surface area contributed by atoms with Gasteiger partial charge in [0.05, 0.1) is 6.04 Å². The third-order valence-corrected chi connectivity index (χ3v) is 2.65. The van der Waals surface area contributed by atoms with Gasteiger partial charge in [0, 0.05) is 20.0 Å². The van der Waals surface area contributed by atoms with E-state index >= 15 is 0 Å². The van der Waals surface area contributed by atoms with Crippen LogP contribution in [0.3, 0.4) is 0 Å². The van der Waals surface area contributed by atoms with E-state index in [2.05, 4.69) is 16.0 Å². The summed E-state index contributed by atoms with van der Waals surface area (Å²) >= 11 is 0. The predicted octanol–water partition coefficient (Wildman–Crippen LogP) is 0.193. The maximum atomic E-state index is 11.6. The Bertz CT molecular complexity index is 243. The molecule has 1 atom stereocenters. The third kappa shape index (κ3) is 7.18. The average molecular weight is 264 g/mol. The maximum Gasteiger partial charge on any atom is 0.237 e. The minimum Gasteiger partial charge on any atom is -0.356 e. The van der Waals surface area contributed by atoms with Gasteiger partial charge in [-0.05, 0) is 25.8 Å². The van der Waals surface area contributed by atoms with Crippen molar-refractivity contribution >= 4 is 24.2 Å². The number of rotatable bonds is 5. The molecule has 2 amide bonds. The molecule has 1 rings (SSSR count). The fraction of sp³-hybridized carbons (Fsp3) is 0.818. The Morgan fingerprint density at radius 1 is 1.24 bits per heavy atom. The second kappa shape index (κ2) is 9.24. The number of hydrogen-bond acceptors (Lipinski definition) is 3. The first-order valence-electron chi connectivity index (χ1n) is 5.95. The van der Waals surface area contributed by atoms with Gasteiger partial charge in [-0.3, -0.25) is 9.59 Å². The van der Waals surface area contributed by atoms with Gasteiger partial charge in [-0.1, -0.05) is 6.42 Å². The summed E-state index contributed by atoms with van der Waals surface area (Å²) in [7, 11) is 0. The largest absolute Gasteiger partial charge is 0.356 e. The summed E-state index contributed by atoms with van der Waals surface area (Å²) in [6, 6.07) is -0.0190. The first-order chi connectivity index (χ1) is 7.70. The van der Waals surface area contributed by atoms with Crippen molar-refractivity contribution in [1.29, 1.82) is 0 Å². The van der Waals surface area contributed by atoms with Crippen LogP contribution in [0, 0.1) is 0 Å². The van der Waals surface area contributed by atoms with Crippen LogP contribution in [0.25, 0.3) is 0 Å². The zero-order chi connectivity index (χ0) is 11.8. The van der Waals surface area contributed by atoms with Crippen LogP contribution in [0.2, 0.25) is 0 Å². The van der Waals surface area contributed by atoms with Crippen LogP contribution >= 0.6 is 12.4 Å². The van der Waals surface area contributed by atoms with Crippen molar-refractivity contribution in [1.82, 2.24) is 16.0 Å². The third-order valence-electron chi connectivity index (χ3n) is 2.65. The van der Waals surface area contributed by atoms with E-state index in [0.29, 0.717) is 13.1 Å². The highest BCUT2D eigenvalue weighted by atomic mass is 35.5. The molecule has 100 valence electrons. The van der Waals surface area contributed by atoms with Crippen LogP contribution < -0.4 is 16.0 Å². The lowest BCUT2D eigenvalue weighted by Crippen LogP contribution is -2.47. The number of piperidine rings is 1. The van der Waals surface area contributed by atoms with Gasteiger partial charge in [0.1, 0.15) is 0 Å². The van der Waals surface area contributed by atoms with Gasteiger partial charge >= 0.3 is 0 Å². The summed E-state index contributed by atoms with van der Waals surface area (Å²) in [6.07, 6.45) is 3.98. The van der Waals surface area contributed by atoms with Crippen molar-refractivity contribution in [2.75, 3.05) is 19.6 Å². The molecule has 1 aliphatic heterocycles. The summed E-state index contributed by atoms with van der Waals surface area (Å²) in [5, 5.41) is 8.76. The zero-order valence-electron chi connectivity index (χ0n) is 10.3. The Balaban J connectivity index is 0.00000256. The van der Waals surface area contributed by atoms with Crippen molar-refractivity contribution in [3.05, 3.63) is 0 Å². The molecule has 1 fully saturated rings. The second-order valence-corrected chi connectivity index (χ2v) is 4.13. The smallest absolute Gasteiger partial charge is 0.237 e. The minimum atomic E-state index is -0.0275. The summed E-state index contributed by atoms with van der Waals surface area (Å²) < 4.78 is 0. The molecule has 3 N–H and O–H groups in total. The first kappa shape index (κ1) is 16.2. The van der Waals surface area contributed by atoms with E-state index in [0.717, 1.165) is 32.2 Å². The van der Waals surface area contributed by atoms with E-state index in [-0.39, 0.29) is 30.3 Å². The second-order valence-electron chi connectivity index (χ2n) is 4.13. The molecular formula is C11H22ClN3O2. The molecule has 0 spiro atoms. The normalized spacial score (nSPS) is 19.0. The van der Waals surface area contributed by atoms with E-state index in [1.807, 2.05) is 0 Å². The van der Waals surface area contributed by atoms with E-state index in [4.69, 9.17) is 0 Å². The summed E-state index contributed by atoms with van der Waals surface area (Å²) in [5.74, 6) is 0.0581. The topological polar surface area (TPSA) is 70.2 Å². The fourth-order valence-corrected chi connectivity index (χ4v) is 1.76. The van der Waals surface area contributed by atoms with E-state index in [1.165, 1.54) is 6.92 Å². The molecule has 0 bridgehead atoms. The first-order valence-corrected chi connectivity index (χ1v) is 5.95. The van der Waals surface area contributed by atoms with Crippen LogP contribution in [0.4, 0.5) is 0 Å². The standard InChI is InChI=1S/C11H21N3O2.ClH/c1-9(15)12-7-4-8-14-11(16)10-5-2-3-6-13-10;/h10,13H,2-8H2,1H3,(H,12,15)(H,14,16);1H. The van der Waals surface area contributed by atoms with Gasteiger partial charge in [0.15, 0.2) is 0 Å². The van der Waals surface area contributed by atoms with Gasteiger partial charge in [-0.25, -0.2) is 0 Å². The summed E-state index contributed by atoms with van der Waals surface area (Å²) in [4.78, 5) is 22.2. The highest BCUT2D eigenvalue weighted by Gasteiger charge is 2.19. The Morgan fingerprint density at radius 2 is 1.94 bits per heavy atom. The lowest BCUT2D eigenvalue weighted by molar-refractivity contribution is -0.123. The quantitative estimate of drug-likeness (QED) is 0.621. The molecule has 1 unspecified atom stereocenters. The molecule has 6 heteroatoms. The van der Waals surface area contributed by atoms with E-state index in [9.17, 15) is 9.59 Å². The van der Waals surface area contributed by atoms with E-state index in [1.54, 1.807) is 0 Å². The SMILES string of the molecule is CC(=O)NCCCNC(=O)C1CCCCN1.Cl. The highest BCUT2D eigenvalue weighted by molar-refractivity contribution is 5.85. The average Bonchev–Trinajstić information content (AvgIpc) is 2.29. The number of hydrogen-bond donors (Lipinski definition) is 3. The van der Waals surface area contributed by atoms with Crippen LogP contribution in [-0.4, -0.2) is 37.5 Å². The van der Waals surface area contributed by atoms with Gasteiger partial charge in [-0.2, -0.15) is 0 Å². The van der Waals surface area contributed by atoms with Crippen molar-refractivity contribution in [3.8, 4) is 0 Å². The Hall–Kier alpha value is -0.810. The van der Waals surface area contributed by atoms with Crippen molar-refractivity contribution in [3.63, 3.8) is 0 Å². The maximum absolute atomic E-state index is 11.6. The molecule has 0 aliphatic carbocycles. The Morgan fingerprint density at radius 3 is 2.53 bits per heavy atom. The molecule has 0 aromatic carbocycles. The molecule has 1 aliphatic rings. The molecule has 5 nitrogen and oxygen atoms in total. The molecule has 0 saturated carbocycles. The number of halogens is 1. The van der Waals surface area contributed by atoms with Gasteiger partial charge in [0.25, 0.3) is 0 Å². The summed E-state index contributed by atoms with van der Waals surface area (Å²) in [6.45, 7) is 3.67. The Labute approximate surface area is 109 Å². The van der Waals surface area contributed by atoms with Crippen LogP contribution in [0.1, 0.15) is 32.6 Å². The molecule has 0 aromatic heterocycles. The van der Waals surface area contributed by atoms with Crippen molar-refractivity contribution < 1.29 is 9.59 Å². The van der Waals surface area contributed by atoms with Crippen LogP contribution in [0.15, 0.2) is 0 Å². The summed E-state index contributed by atoms with van der Waals surface area (Å²) in [5.41, 5.74) is 0. The Kier molecular flexibility index (Phi) is 8.80. The number of carbonyl (C=O) groups excluding carboxylic acids is 2. The monoisotopic (exact) mass is 263 g/mol. The van der Waals surface area contributed by atoms with Crippen LogP contribution in [0.5, 0.6) is 0 Å². The van der Waals surface area contributed by atoms with Gasteiger partial charge in [0.2, 0.25) is 11.8 Å². The van der Waals surface area contributed by atoms with Gasteiger partial charge < -0.3 is 16.0 Å². The highest BCUT2D eigenvalue weighted by Crippen LogP contribution is 2.06. The lowest BCUT2D eigenvalue weighted by atomic mass is 10.0. The molecule has 1 heterocycles. The fourth-order valence-electron chi connectivity index (χ4n) is 1.76. The lowest BCUT2D eigenvalue weighted by Gasteiger charge is -2.22. The molecular weight excluding hydrogens is 242 g/mol. The van der Waals surface area contributed by atoms with Crippen molar-refractivity contribution in [2.24, 2.45) is 0 Å². The van der Waals surface area contributed by atoms with Crippen LogP contribution in [-0.2, 0) is 9.59 Å². The molecule has 17 heavy (non-hydrogen) atoms. The van der Waals surface area contributed by atoms with Crippen molar-refractivity contribution in [2.45, 2.75) is 38.6 Å². The molecule has 0 aromatic rings. The zero-order valence-corrected chi connectivity index (χ0v) is 11.1. The minimum absolute atomic E-state index is 0. The molecule has 0 radical (unpaired) electrons. The predicted molar refractivity (Wildman–Crippen MR) is 69.2 cm³/mol. The number of amides is 2. The number of nitrogens with one attached hydrogen (secondary N) is 3. The molecule has 1 saturated heterocycles. The van der Waals surface area contributed by atoms with Gasteiger partial charge in [-0.15, -0.1) is 12.4 Å².